The summed E-state index contributed by atoms with van der Waals surface area (Å²) in [7, 11) is 1.66. The van der Waals surface area contributed by atoms with E-state index in [1.165, 1.54) is 4.90 Å². The summed E-state index contributed by atoms with van der Waals surface area (Å²) in [4.78, 5) is 37.2. The molecule has 0 bridgehead atoms. The van der Waals surface area contributed by atoms with Gasteiger partial charge in [0, 0.05) is 7.05 Å². The molecule has 0 radical (unpaired) electrons. The van der Waals surface area contributed by atoms with Gasteiger partial charge in [-0.1, -0.05) is 0 Å². The van der Waals surface area contributed by atoms with Gasteiger partial charge >= 0.3 is 6.01 Å². The van der Waals surface area contributed by atoms with E-state index in [1.807, 2.05) is 13.8 Å². The number of aromatic nitrogens is 3. The van der Waals surface area contributed by atoms with Crippen LogP contribution in [0.25, 0.3) is 0 Å². The summed E-state index contributed by atoms with van der Waals surface area (Å²) in [5, 5.41) is 5.07. The molecule has 1 saturated heterocycles. The third kappa shape index (κ3) is 3.36. The molecule has 1 aromatic heterocycles. The Kier molecular flexibility index (Phi) is 4.20. The molecule has 9 heteroatoms. The number of hydrogen-bond donors (Lipinski definition) is 2. The summed E-state index contributed by atoms with van der Waals surface area (Å²) in [5.41, 5.74) is 0. The van der Waals surface area contributed by atoms with E-state index in [-0.39, 0.29) is 30.5 Å². The largest absolute Gasteiger partial charge is 0.461 e. The zero-order valence-electron chi connectivity index (χ0n) is 12.4. The van der Waals surface area contributed by atoms with Gasteiger partial charge in [0.25, 0.3) is 0 Å². The van der Waals surface area contributed by atoms with Crippen molar-refractivity contribution in [1.82, 2.24) is 20.3 Å². The third-order valence-electron chi connectivity index (χ3n) is 2.85. The molecule has 1 unspecified atom stereocenters. The van der Waals surface area contributed by atoms with Crippen molar-refractivity contribution in [2.75, 3.05) is 23.8 Å². The molecule has 2 heterocycles. The number of nitrogens with one attached hydrogen (secondary N) is 2. The van der Waals surface area contributed by atoms with E-state index < -0.39 is 11.9 Å². The molecule has 1 fully saturated rings. The van der Waals surface area contributed by atoms with E-state index in [9.17, 15) is 9.59 Å². The lowest BCUT2D eigenvalue weighted by atomic mass is 10.2. The van der Waals surface area contributed by atoms with Gasteiger partial charge in [0.2, 0.25) is 23.7 Å². The Hall–Kier alpha value is -2.45. The average Bonchev–Trinajstić information content (AvgIpc) is 2.41. The van der Waals surface area contributed by atoms with Gasteiger partial charge in [-0.15, -0.1) is 0 Å². The Bertz CT molecular complexity index is 562. The summed E-state index contributed by atoms with van der Waals surface area (Å²) < 4.78 is 5.46. The van der Waals surface area contributed by atoms with Crippen LogP contribution < -0.4 is 20.3 Å². The van der Waals surface area contributed by atoms with Crippen molar-refractivity contribution in [2.45, 2.75) is 32.9 Å². The summed E-state index contributed by atoms with van der Waals surface area (Å²) in [5.74, 6) is -0.248. The molecular formula is C12H18N6O3. The Morgan fingerprint density at radius 1 is 1.33 bits per heavy atom. The molecule has 2 amide bonds. The van der Waals surface area contributed by atoms with Crippen LogP contribution in [0.4, 0.5) is 11.9 Å². The molecule has 9 nitrogen and oxygen atoms in total. The molecule has 1 aromatic rings. The monoisotopic (exact) mass is 294 g/mol. The van der Waals surface area contributed by atoms with Gasteiger partial charge < -0.3 is 15.0 Å². The van der Waals surface area contributed by atoms with E-state index in [0.717, 1.165) is 0 Å². The van der Waals surface area contributed by atoms with Crippen LogP contribution in [0.5, 0.6) is 6.01 Å². The molecule has 2 rings (SSSR count). The number of nitrogens with zero attached hydrogens (tertiary/aromatic N) is 4. The third-order valence-corrected chi connectivity index (χ3v) is 2.85. The highest BCUT2D eigenvalue weighted by atomic mass is 16.5. The van der Waals surface area contributed by atoms with Gasteiger partial charge in [-0.25, -0.2) is 0 Å². The highest BCUT2D eigenvalue weighted by Gasteiger charge is 2.32. The van der Waals surface area contributed by atoms with E-state index in [2.05, 4.69) is 25.6 Å². The molecule has 1 aliphatic heterocycles. The number of hydrogen-bond acceptors (Lipinski definition) is 8. The normalized spacial score (nSPS) is 18.7. The zero-order valence-corrected chi connectivity index (χ0v) is 12.4. The number of amides is 2. The van der Waals surface area contributed by atoms with Crippen molar-refractivity contribution in [3.05, 3.63) is 0 Å². The second kappa shape index (κ2) is 5.90. The van der Waals surface area contributed by atoms with E-state index in [0.29, 0.717) is 5.95 Å². The van der Waals surface area contributed by atoms with Crippen LogP contribution in [0.2, 0.25) is 0 Å². The molecule has 2 N–H and O–H groups in total. The minimum Gasteiger partial charge on any atom is -0.461 e. The number of imide groups is 1. The smallest absolute Gasteiger partial charge is 0.323 e. The summed E-state index contributed by atoms with van der Waals surface area (Å²) in [6.45, 7) is 5.38. The van der Waals surface area contributed by atoms with Crippen LogP contribution in [0.1, 0.15) is 20.8 Å². The molecule has 0 saturated carbocycles. The fraction of sp³-hybridized carbons (Fsp3) is 0.583. The molecule has 0 aliphatic carbocycles. The van der Waals surface area contributed by atoms with Gasteiger partial charge in [-0.2, -0.15) is 15.0 Å². The number of carbonyl (C=O) groups is 2. The lowest BCUT2D eigenvalue weighted by Crippen LogP contribution is -2.57. The van der Waals surface area contributed by atoms with Crippen LogP contribution in [0.3, 0.4) is 0 Å². The number of ether oxygens (including phenoxy) is 1. The first-order chi connectivity index (χ1) is 9.90. The van der Waals surface area contributed by atoms with E-state index in [4.69, 9.17) is 4.74 Å². The SMILES string of the molecule is CNc1nc(OC(C)C)nc(N2CC(=O)NC(=O)C2C)n1. The lowest BCUT2D eigenvalue weighted by Gasteiger charge is -2.31. The topological polar surface area (TPSA) is 109 Å². The van der Waals surface area contributed by atoms with Crippen molar-refractivity contribution < 1.29 is 14.3 Å². The van der Waals surface area contributed by atoms with Gasteiger partial charge in [0.05, 0.1) is 6.10 Å². The maximum atomic E-state index is 11.7. The van der Waals surface area contributed by atoms with Crippen molar-refractivity contribution in [3.63, 3.8) is 0 Å². The number of carbonyl (C=O) groups excluding carboxylic acids is 2. The maximum Gasteiger partial charge on any atom is 0.323 e. The summed E-state index contributed by atoms with van der Waals surface area (Å²) in [6, 6.07) is -0.410. The fourth-order valence-electron chi connectivity index (χ4n) is 1.81. The number of piperazine rings is 1. The summed E-state index contributed by atoms with van der Waals surface area (Å²) >= 11 is 0. The maximum absolute atomic E-state index is 11.7. The highest BCUT2D eigenvalue weighted by molar-refractivity contribution is 6.04. The van der Waals surface area contributed by atoms with Crippen LogP contribution in [-0.2, 0) is 9.59 Å². The van der Waals surface area contributed by atoms with Crippen LogP contribution >= 0.6 is 0 Å². The van der Waals surface area contributed by atoms with Gasteiger partial charge in [0.1, 0.15) is 12.6 Å². The first-order valence-electron chi connectivity index (χ1n) is 6.61. The molecule has 0 aromatic carbocycles. The Morgan fingerprint density at radius 3 is 2.67 bits per heavy atom. The molecule has 21 heavy (non-hydrogen) atoms. The first kappa shape index (κ1) is 14.9. The Morgan fingerprint density at radius 2 is 2.05 bits per heavy atom. The molecule has 1 aliphatic rings. The van der Waals surface area contributed by atoms with Gasteiger partial charge in [0.15, 0.2) is 0 Å². The quantitative estimate of drug-likeness (QED) is 0.719. The van der Waals surface area contributed by atoms with Crippen molar-refractivity contribution in [2.24, 2.45) is 0 Å². The predicted molar refractivity (Wildman–Crippen MR) is 75.1 cm³/mol. The van der Waals surface area contributed by atoms with Crippen LogP contribution in [-0.4, -0.2) is 52.5 Å². The molecule has 0 spiro atoms. The fourth-order valence-corrected chi connectivity index (χ4v) is 1.81. The van der Waals surface area contributed by atoms with Crippen LogP contribution in [0, 0.1) is 0 Å². The van der Waals surface area contributed by atoms with Crippen molar-refractivity contribution in [3.8, 4) is 6.01 Å². The minimum atomic E-state index is -0.554. The van der Waals surface area contributed by atoms with E-state index >= 15 is 0 Å². The molecule has 1 atom stereocenters. The Labute approximate surface area is 122 Å². The lowest BCUT2D eigenvalue weighted by molar-refractivity contribution is -0.132. The highest BCUT2D eigenvalue weighted by Crippen LogP contribution is 2.19. The second-order valence-corrected chi connectivity index (χ2v) is 4.87. The Balaban J connectivity index is 2.37. The van der Waals surface area contributed by atoms with Crippen LogP contribution in [0.15, 0.2) is 0 Å². The van der Waals surface area contributed by atoms with Crippen molar-refractivity contribution in [1.29, 1.82) is 0 Å². The van der Waals surface area contributed by atoms with Crippen molar-refractivity contribution >= 4 is 23.7 Å². The van der Waals surface area contributed by atoms with Gasteiger partial charge in [-0.3, -0.25) is 14.9 Å². The predicted octanol–water partition coefficient (Wildman–Crippen LogP) is -0.448. The molecule has 114 valence electrons. The average molecular weight is 294 g/mol. The number of anilines is 2. The first-order valence-corrected chi connectivity index (χ1v) is 6.61. The zero-order chi connectivity index (χ0) is 15.6. The minimum absolute atomic E-state index is 0.00118. The standard InChI is InChI=1S/C12H18N6O3/c1-6(2)21-12-16-10(13-4)15-11(17-12)18-5-8(19)14-9(20)7(18)3/h6-7H,5H2,1-4H3,(H,14,19,20)(H,13,15,16,17). The summed E-state index contributed by atoms with van der Waals surface area (Å²) in [6.07, 6.45) is -0.103. The van der Waals surface area contributed by atoms with Gasteiger partial charge in [-0.05, 0) is 20.8 Å². The second-order valence-electron chi connectivity index (χ2n) is 4.87. The number of rotatable bonds is 4. The molecular weight excluding hydrogens is 276 g/mol. The van der Waals surface area contributed by atoms with E-state index in [1.54, 1.807) is 14.0 Å².